The molecule has 3 aromatic carbocycles. The Labute approximate surface area is 179 Å². The number of rotatable bonds is 2. The Morgan fingerprint density at radius 1 is 0.935 bits per heavy atom. The van der Waals surface area contributed by atoms with E-state index in [9.17, 15) is 9.18 Å². The number of carbonyl (C=O) groups is 1. The first-order valence-electron chi connectivity index (χ1n) is 10.3. The molecule has 0 N–H and O–H groups in total. The van der Waals surface area contributed by atoms with E-state index in [4.69, 9.17) is 14.2 Å². The van der Waals surface area contributed by atoms with Crippen LogP contribution in [0.2, 0.25) is 0 Å². The van der Waals surface area contributed by atoms with Gasteiger partial charge in [-0.25, -0.2) is 4.39 Å². The molecule has 1 unspecified atom stereocenters. The minimum absolute atomic E-state index is 0.119. The first-order valence-corrected chi connectivity index (χ1v) is 10.3. The van der Waals surface area contributed by atoms with Gasteiger partial charge in [0, 0.05) is 22.9 Å². The lowest BCUT2D eigenvalue weighted by molar-refractivity contribution is -0.122. The van der Waals surface area contributed by atoms with Gasteiger partial charge in [0.1, 0.15) is 36.8 Å². The van der Waals surface area contributed by atoms with Gasteiger partial charge in [0.2, 0.25) is 5.91 Å². The number of fused-ring (bicyclic) bond motifs is 5. The van der Waals surface area contributed by atoms with Crippen LogP contribution in [-0.2, 0) is 16.8 Å². The van der Waals surface area contributed by atoms with Gasteiger partial charge in [-0.1, -0.05) is 30.3 Å². The molecule has 31 heavy (non-hydrogen) atoms. The zero-order chi connectivity index (χ0) is 21.2. The average Bonchev–Trinajstić information content (AvgIpc) is 3.27. The SMILES string of the molecule is Cc1cccc(F)c1CN1C(=O)C2(COc3cc4c(cc32)OCCO4)c2ccccc21. The third kappa shape index (κ3) is 2.45. The number of carbonyl (C=O) groups excluding carboxylic acids is 1. The standard InChI is InChI=1S/C25H20FNO4/c1-15-5-4-7-19(26)16(15)13-27-20-8-3-2-6-17(20)25(24(27)28)14-31-21-12-23-22(11-18(21)25)29-9-10-30-23/h2-8,11-12H,9-10,13-14H2,1H3. The number of ether oxygens (including phenoxy) is 3. The largest absolute Gasteiger partial charge is 0.491 e. The highest BCUT2D eigenvalue weighted by Crippen LogP contribution is 2.55. The van der Waals surface area contributed by atoms with Crippen LogP contribution in [0, 0.1) is 12.7 Å². The maximum atomic E-state index is 14.6. The molecule has 1 spiro atoms. The van der Waals surface area contributed by atoms with E-state index in [0.717, 1.165) is 22.4 Å². The van der Waals surface area contributed by atoms with Crippen molar-refractivity contribution in [3.63, 3.8) is 0 Å². The molecule has 156 valence electrons. The lowest BCUT2D eigenvalue weighted by Gasteiger charge is -2.25. The minimum atomic E-state index is -0.985. The number of anilines is 1. The summed E-state index contributed by atoms with van der Waals surface area (Å²) in [7, 11) is 0. The molecular formula is C25H20FNO4. The smallest absolute Gasteiger partial charge is 0.246 e. The van der Waals surface area contributed by atoms with E-state index in [-0.39, 0.29) is 24.9 Å². The fourth-order valence-electron chi connectivity index (χ4n) is 4.89. The van der Waals surface area contributed by atoms with Crippen LogP contribution in [0.3, 0.4) is 0 Å². The minimum Gasteiger partial charge on any atom is -0.491 e. The van der Waals surface area contributed by atoms with Crippen molar-refractivity contribution in [2.45, 2.75) is 18.9 Å². The Balaban J connectivity index is 1.51. The molecule has 0 fully saturated rings. The molecule has 6 rings (SSSR count). The predicted octanol–water partition coefficient (Wildman–Crippen LogP) is 4.13. The van der Waals surface area contributed by atoms with Crippen LogP contribution >= 0.6 is 0 Å². The summed E-state index contributed by atoms with van der Waals surface area (Å²) in [4.78, 5) is 15.7. The summed E-state index contributed by atoms with van der Waals surface area (Å²) in [5.41, 5.74) is 2.76. The molecule has 0 aromatic heterocycles. The second-order valence-electron chi connectivity index (χ2n) is 8.13. The molecule has 1 amide bonds. The second-order valence-corrected chi connectivity index (χ2v) is 8.13. The summed E-state index contributed by atoms with van der Waals surface area (Å²) in [5.74, 6) is 1.43. The van der Waals surface area contributed by atoms with Gasteiger partial charge in [-0.2, -0.15) is 0 Å². The van der Waals surface area contributed by atoms with Crippen LogP contribution in [0.25, 0.3) is 0 Å². The van der Waals surface area contributed by atoms with Crippen molar-refractivity contribution >= 4 is 11.6 Å². The zero-order valence-electron chi connectivity index (χ0n) is 17.0. The highest BCUT2D eigenvalue weighted by molar-refractivity contribution is 6.11. The molecule has 0 radical (unpaired) electrons. The van der Waals surface area contributed by atoms with Crippen molar-refractivity contribution in [1.82, 2.24) is 0 Å². The Morgan fingerprint density at radius 2 is 1.71 bits per heavy atom. The summed E-state index contributed by atoms with van der Waals surface area (Å²) < 4.78 is 32.1. The van der Waals surface area contributed by atoms with E-state index < -0.39 is 5.41 Å². The number of benzene rings is 3. The summed E-state index contributed by atoms with van der Waals surface area (Å²) in [6, 6.07) is 16.3. The van der Waals surface area contributed by atoms with Crippen LogP contribution in [0.5, 0.6) is 17.2 Å². The van der Waals surface area contributed by atoms with Gasteiger partial charge in [-0.05, 0) is 36.2 Å². The highest BCUT2D eigenvalue weighted by Gasteiger charge is 2.57. The molecule has 3 heterocycles. The van der Waals surface area contributed by atoms with E-state index in [2.05, 4.69) is 0 Å². The van der Waals surface area contributed by atoms with E-state index in [1.165, 1.54) is 6.07 Å². The Kier molecular flexibility index (Phi) is 3.81. The number of para-hydroxylation sites is 1. The quantitative estimate of drug-likeness (QED) is 0.629. The van der Waals surface area contributed by atoms with Gasteiger partial charge in [0.25, 0.3) is 0 Å². The Morgan fingerprint density at radius 3 is 2.52 bits per heavy atom. The molecule has 0 bridgehead atoms. The normalized spacial score (nSPS) is 20.6. The lowest BCUT2D eigenvalue weighted by Crippen LogP contribution is -2.42. The molecule has 6 heteroatoms. The van der Waals surface area contributed by atoms with Gasteiger partial charge < -0.3 is 19.1 Å². The van der Waals surface area contributed by atoms with Crippen LogP contribution < -0.4 is 19.1 Å². The Hall–Kier alpha value is -3.54. The lowest BCUT2D eigenvalue weighted by atomic mass is 9.77. The highest BCUT2D eigenvalue weighted by atomic mass is 19.1. The van der Waals surface area contributed by atoms with Crippen molar-refractivity contribution in [3.05, 3.63) is 82.7 Å². The van der Waals surface area contributed by atoms with Crippen molar-refractivity contribution in [1.29, 1.82) is 0 Å². The van der Waals surface area contributed by atoms with Gasteiger partial charge >= 0.3 is 0 Å². The number of hydrogen-bond acceptors (Lipinski definition) is 4. The summed E-state index contributed by atoms with van der Waals surface area (Å²) in [6.07, 6.45) is 0. The first-order chi connectivity index (χ1) is 15.1. The fraction of sp³-hybridized carbons (Fsp3) is 0.240. The maximum absolute atomic E-state index is 14.6. The van der Waals surface area contributed by atoms with E-state index in [1.54, 1.807) is 17.0 Å². The van der Waals surface area contributed by atoms with Gasteiger partial charge in [0.15, 0.2) is 11.5 Å². The summed E-state index contributed by atoms with van der Waals surface area (Å²) >= 11 is 0. The molecule has 3 aliphatic rings. The van der Waals surface area contributed by atoms with E-state index >= 15 is 0 Å². The molecule has 0 aliphatic carbocycles. The molecule has 0 saturated heterocycles. The first kappa shape index (κ1) is 18.2. The monoisotopic (exact) mass is 417 g/mol. The third-order valence-corrected chi connectivity index (χ3v) is 6.48. The van der Waals surface area contributed by atoms with Crippen molar-refractivity contribution in [3.8, 4) is 17.2 Å². The Bertz CT molecular complexity index is 1220. The molecule has 5 nitrogen and oxygen atoms in total. The number of aryl methyl sites for hydroxylation is 1. The predicted molar refractivity (Wildman–Crippen MR) is 112 cm³/mol. The van der Waals surface area contributed by atoms with Gasteiger partial charge in [-0.15, -0.1) is 0 Å². The zero-order valence-corrected chi connectivity index (χ0v) is 17.0. The van der Waals surface area contributed by atoms with Crippen LogP contribution in [-0.4, -0.2) is 25.7 Å². The van der Waals surface area contributed by atoms with Crippen LogP contribution in [0.4, 0.5) is 10.1 Å². The topological polar surface area (TPSA) is 48.0 Å². The van der Waals surface area contributed by atoms with Crippen molar-refractivity contribution in [2.24, 2.45) is 0 Å². The maximum Gasteiger partial charge on any atom is 0.246 e. The van der Waals surface area contributed by atoms with Gasteiger partial charge in [-0.3, -0.25) is 4.79 Å². The molecule has 0 saturated carbocycles. The van der Waals surface area contributed by atoms with E-state index in [1.807, 2.05) is 43.3 Å². The molecule has 3 aliphatic heterocycles. The number of amides is 1. The third-order valence-electron chi connectivity index (χ3n) is 6.48. The fourth-order valence-corrected chi connectivity index (χ4v) is 4.89. The summed E-state index contributed by atoms with van der Waals surface area (Å²) in [5, 5.41) is 0. The van der Waals surface area contributed by atoms with Crippen LogP contribution in [0.15, 0.2) is 54.6 Å². The number of hydrogen-bond donors (Lipinski definition) is 0. The van der Waals surface area contributed by atoms with Gasteiger partial charge in [0.05, 0.1) is 6.54 Å². The molecule has 1 atom stereocenters. The number of nitrogens with zero attached hydrogens (tertiary/aromatic N) is 1. The average molecular weight is 417 g/mol. The molecular weight excluding hydrogens is 397 g/mol. The second kappa shape index (κ2) is 6.48. The van der Waals surface area contributed by atoms with Crippen molar-refractivity contribution < 1.29 is 23.4 Å². The van der Waals surface area contributed by atoms with Crippen LogP contribution in [0.1, 0.15) is 22.3 Å². The van der Waals surface area contributed by atoms with Crippen molar-refractivity contribution in [2.75, 3.05) is 24.7 Å². The summed E-state index contributed by atoms with van der Waals surface area (Å²) in [6.45, 7) is 3.15. The number of halogens is 1. The molecule has 3 aromatic rings. The van der Waals surface area contributed by atoms with E-state index in [0.29, 0.717) is 36.0 Å².